The van der Waals surface area contributed by atoms with Crippen molar-refractivity contribution in [3.8, 4) is 0 Å². The summed E-state index contributed by atoms with van der Waals surface area (Å²) in [6.45, 7) is 4.41. The van der Waals surface area contributed by atoms with Crippen LogP contribution in [0.5, 0.6) is 0 Å². The zero-order valence-corrected chi connectivity index (χ0v) is 14.0. The molecule has 0 fully saturated rings. The summed E-state index contributed by atoms with van der Waals surface area (Å²) in [4.78, 5) is 13.9. The molecule has 114 valence electrons. The second-order valence-electron chi connectivity index (χ2n) is 6.34. The fourth-order valence-corrected chi connectivity index (χ4v) is 4.20. The molecule has 2 heterocycles. The Morgan fingerprint density at radius 1 is 1.38 bits per heavy atom. The molecule has 0 saturated heterocycles. The maximum absolute atomic E-state index is 4.50. The first-order chi connectivity index (χ1) is 10.1. The molecule has 0 radical (unpaired) electrons. The van der Waals surface area contributed by atoms with Crippen LogP contribution in [0.25, 0.3) is 10.2 Å². The summed E-state index contributed by atoms with van der Waals surface area (Å²) in [7, 11) is 4.22. The molecular weight excluding hydrogens is 280 g/mol. The Morgan fingerprint density at radius 3 is 3.05 bits per heavy atom. The lowest BCUT2D eigenvalue weighted by Gasteiger charge is -2.18. The van der Waals surface area contributed by atoms with Gasteiger partial charge >= 0.3 is 0 Å². The molecule has 0 spiro atoms. The summed E-state index contributed by atoms with van der Waals surface area (Å²) in [6, 6.07) is 0. The van der Waals surface area contributed by atoms with Gasteiger partial charge in [-0.1, -0.05) is 6.92 Å². The predicted molar refractivity (Wildman–Crippen MR) is 90.3 cm³/mol. The number of aromatic nitrogens is 2. The van der Waals surface area contributed by atoms with E-state index in [1.165, 1.54) is 35.1 Å². The van der Waals surface area contributed by atoms with Gasteiger partial charge in [-0.25, -0.2) is 9.97 Å². The van der Waals surface area contributed by atoms with Crippen molar-refractivity contribution < 1.29 is 0 Å². The van der Waals surface area contributed by atoms with Crippen LogP contribution in [0.3, 0.4) is 0 Å². The highest BCUT2D eigenvalue weighted by Gasteiger charge is 2.22. The van der Waals surface area contributed by atoms with Crippen LogP contribution in [-0.4, -0.2) is 42.1 Å². The van der Waals surface area contributed by atoms with Crippen LogP contribution in [0.15, 0.2) is 6.33 Å². The third-order valence-corrected chi connectivity index (χ3v) is 5.36. The SMILES string of the molecule is C[C@@H]1CCc2sc3ncnc(NCCCN(C)C)c3c2C1. The summed E-state index contributed by atoms with van der Waals surface area (Å²) in [5.74, 6) is 1.81. The first kappa shape index (κ1) is 14.7. The number of aryl methyl sites for hydroxylation is 1. The van der Waals surface area contributed by atoms with E-state index in [9.17, 15) is 0 Å². The van der Waals surface area contributed by atoms with Crippen LogP contribution in [0.2, 0.25) is 0 Å². The third-order valence-electron chi connectivity index (χ3n) is 4.16. The van der Waals surface area contributed by atoms with Gasteiger partial charge in [0, 0.05) is 11.4 Å². The Labute approximate surface area is 130 Å². The highest BCUT2D eigenvalue weighted by Crippen LogP contribution is 2.39. The van der Waals surface area contributed by atoms with Crippen LogP contribution >= 0.6 is 11.3 Å². The van der Waals surface area contributed by atoms with Crippen LogP contribution in [0.1, 0.15) is 30.2 Å². The number of thiophene rings is 1. The largest absolute Gasteiger partial charge is 0.369 e. The lowest BCUT2D eigenvalue weighted by molar-refractivity contribution is 0.405. The van der Waals surface area contributed by atoms with Gasteiger partial charge in [-0.05, 0) is 57.8 Å². The average Bonchev–Trinajstić information content (AvgIpc) is 2.82. The molecule has 0 amide bonds. The number of hydrogen-bond donors (Lipinski definition) is 1. The van der Waals surface area contributed by atoms with E-state index in [0.29, 0.717) is 0 Å². The van der Waals surface area contributed by atoms with Gasteiger partial charge in [0.15, 0.2) is 0 Å². The van der Waals surface area contributed by atoms with Gasteiger partial charge in [0.2, 0.25) is 0 Å². The van der Waals surface area contributed by atoms with E-state index in [1.54, 1.807) is 6.33 Å². The van der Waals surface area contributed by atoms with Crippen molar-refractivity contribution in [1.82, 2.24) is 14.9 Å². The normalized spacial score (nSPS) is 18.2. The maximum atomic E-state index is 4.50. The Kier molecular flexibility index (Phi) is 4.40. The minimum atomic E-state index is 0.775. The minimum Gasteiger partial charge on any atom is -0.369 e. The zero-order chi connectivity index (χ0) is 14.8. The molecule has 0 bridgehead atoms. The average molecular weight is 304 g/mol. The van der Waals surface area contributed by atoms with Gasteiger partial charge in [-0.2, -0.15) is 0 Å². The molecule has 0 saturated carbocycles. The minimum absolute atomic E-state index is 0.775. The molecule has 2 aromatic rings. The first-order valence-corrected chi connectivity index (χ1v) is 8.60. The van der Waals surface area contributed by atoms with Gasteiger partial charge in [0.1, 0.15) is 17.0 Å². The molecule has 21 heavy (non-hydrogen) atoms. The number of nitrogens with zero attached hydrogens (tertiary/aromatic N) is 3. The van der Waals surface area contributed by atoms with E-state index in [0.717, 1.165) is 36.1 Å². The number of nitrogens with one attached hydrogen (secondary N) is 1. The summed E-state index contributed by atoms with van der Waals surface area (Å²) in [5, 5.41) is 4.81. The lowest BCUT2D eigenvalue weighted by atomic mass is 9.88. The molecule has 0 aromatic carbocycles. The topological polar surface area (TPSA) is 41.1 Å². The second-order valence-corrected chi connectivity index (χ2v) is 7.42. The van der Waals surface area contributed by atoms with Crippen molar-refractivity contribution in [2.75, 3.05) is 32.5 Å². The van der Waals surface area contributed by atoms with Gasteiger partial charge in [-0.15, -0.1) is 11.3 Å². The zero-order valence-electron chi connectivity index (χ0n) is 13.1. The molecular formula is C16H24N4S. The Hall–Kier alpha value is -1.20. The summed E-state index contributed by atoms with van der Waals surface area (Å²) >= 11 is 1.86. The molecule has 3 rings (SSSR count). The van der Waals surface area contributed by atoms with Gasteiger partial charge in [0.05, 0.1) is 5.39 Å². The molecule has 1 aliphatic carbocycles. The third kappa shape index (κ3) is 3.19. The predicted octanol–water partition coefficient (Wildman–Crippen LogP) is 3.18. The quantitative estimate of drug-likeness (QED) is 0.861. The number of hydrogen-bond acceptors (Lipinski definition) is 5. The fraction of sp³-hybridized carbons (Fsp3) is 0.625. The van der Waals surface area contributed by atoms with E-state index >= 15 is 0 Å². The van der Waals surface area contributed by atoms with Crippen LogP contribution in [0, 0.1) is 5.92 Å². The Morgan fingerprint density at radius 2 is 2.24 bits per heavy atom. The van der Waals surface area contributed by atoms with Gasteiger partial charge in [0.25, 0.3) is 0 Å². The standard InChI is InChI=1S/C16H24N4S/c1-11-5-6-13-12(9-11)14-15(17-7-4-8-20(2)3)18-10-19-16(14)21-13/h10-11H,4-9H2,1-3H3,(H,17,18,19)/t11-/m1/s1. The lowest BCUT2D eigenvalue weighted by Crippen LogP contribution is -2.17. The highest BCUT2D eigenvalue weighted by molar-refractivity contribution is 7.19. The molecule has 0 aliphatic heterocycles. The van der Waals surface area contributed by atoms with Crippen LogP contribution < -0.4 is 5.32 Å². The van der Waals surface area contributed by atoms with E-state index < -0.39 is 0 Å². The fourth-order valence-electron chi connectivity index (χ4n) is 3.02. The molecule has 1 N–H and O–H groups in total. The Bertz CT molecular complexity index is 620. The first-order valence-electron chi connectivity index (χ1n) is 7.79. The molecule has 5 heteroatoms. The number of rotatable bonds is 5. The summed E-state index contributed by atoms with van der Waals surface area (Å²) < 4.78 is 0. The molecule has 0 unspecified atom stereocenters. The van der Waals surface area contributed by atoms with Crippen molar-refractivity contribution in [2.45, 2.75) is 32.6 Å². The van der Waals surface area contributed by atoms with E-state index in [2.05, 4.69) is 41.2 Å². The van der Waals surface area contributed by atoms with Gasteiger partial charge in [-0.3, -0.25) is 0 Å². The second kappa shape index (κ2) is 6.28. The molecule has 4 nitrogen and oxygen atoms in total. The van der Waals surface area contributed by atoms with Crippen molar-refractivity contribution in [2.24, 2.45) is 5.92 Å². The smallest absolute Gasteiger partial charge is 0.138 e. The van der Waals surface area contributed by atoms with Crippen LogP contribution in [-0.2, 0) is 12.8 Å². The van der Waals surface area contributed by atoms with Crippen LogP contribution in [0.4, 0.5) is 5.82 Å². The summed E-state index contributed by atoms with van der Waals surface area (Å²) in [6.07, 6.45) is 6.51. The van der Waals surface area contributed by atoms with E-state index in [1.807, 2.05) is 11.3 Å². The molecule has 1 aliphatic rings. The monoisotopic (exact) mass is 304 g/mol. The Balaban J connectivity index is 1.83. The van der Waals surface area contributed by atoms with E-state index in [4.69, 9.17) is 0 Å². The van der Waals surface area contributed by atoms with Crippen molar-refractivity contribution >= 4 is 27.4 Å². The maximum Gasteiger partial charge on any atom is 0.138 e. The van der Waals surface area contributed by atoms with Crippen molar-refractivity contribution in [3.05, 3.63) is 16.8 Å². The van der Waals surface area contributed by atoms with Gasteiger partial charge < -0.3 is 10.2 Å². The molecule has 1 atom stereocenters. The molecule has 2 aromatic heterocycles. The number of fused-ring (bicyclic) bond motifs is 3. The number of anilines is 1. The highest BCUT2D eigenvalue weighted by atomic mass is 32.1. The summed E-state index contributed by atoms with van der Waals surface area (Å²) in [5.41, 5.74) is 1.50. The van der Waals surface area contributed by atoms with Crippen molar-refractivity contribution in [1.29, 1.82) is 0 Å². The van der Waals surface area contributed by atoms with E-state index in [-0.39, 0.29) is 0 Å². The van der Waals surface area contributed by atoms with Crippen molar-refractivity contribution in [3.63, 3.8) is 0 Å².